The van der Waals surface area contributed by atoms with Crippen molar-refractivity contribution in [2.24, 2.45) is 5.73 Å². The second-order valence-corrected chi connectivity index (χ2v) is 4.54. The minimum atomic E-state index is 0.347. The van der Waals surface area contributed by atoms with Crippen LogP contribution in [-0.4, -0.2) is 57.5 Å². The van der Waals surface area contributed by atoms with Gasteiger partial charge in [-0.05, 0) is 19.3 Å². The van der Waals surface area contributed by atoms with Gasteiger partial charge < -0.3 is 15.2 Å². The van der Waals surface area contributed by atoms with Crippen molar-refractivity contribution < 1.29 is 9.47 Å². The molecule has 1 aliphatic rings. The predicted molar refractivity (Wildman–Crippen MR) is 65.6 cm³/mol. The van der Waals surface area contributed by atoms with Gasteiger partial charge >= 0.3 is 0 Å². The molecular formula is C12H26N2O2. The summed E-state index contributed by atoms with van der Waals surface area (Å²) in [7, 11) is 3.50. The van der Waals surface area contributed by atoms with Crippen LogP contribution in [0.1, 0.15) is 25.7 Å². The topological polar surface area (TPSA) is 47.7 Å². The lowest BCUT2D eigenvalue weighted by Crippen LogP contribution is -2.46. The second kappa shape index (κ2) is 8.01. The molecule has 4 heteroatoms. The monoisotopic (exact) mass is 230 g/mol. The van der Waals surface area contributed by atoms with Crippen molar-refractivity contribution in [2.45, 2.75) is 37.8 Å². The van der Waals surface area contributed by atoms with Gasteiger partial charge in [0.15, 0.2) is 0 Å². The van der Waals surface area contributed by atoms with Crippen LogP contribution < -0.4 is 5.73 Å². The van der Waals surface area contributed by atoms with Crippen LogP contribution >= 0.6 is 0 Å². The van der Waals surface area contributed by atoms with E-state index in [9.17, 15) is 0 Å². The zero-order valence-corrected chi connectivity index (χ0v) is 10.7. The third-order valence-corrected chi connectivity index (χ3v) is 3.38. The van der Waals surface area contributed by atoms with Crippen LogP contribution in [0.3, 0.4) is 0 Å². The molecule has 0 aliphatic heterocycles. The fourth-order valence-electron chi connectivity index (χ4n) is 2.49. The van der Waals surface area contributed by atoms with E-state index in [0.717, 1.165) is 32.7 Å². The molecule has 1 saturated carbocycles. The maximum absolute atomic E-state index is 6.14. The summed E-state index contributed by atoms with van der Waals surface area (Å²) < 4.78 is 10.3. The van der Waals surface area contributed by atoms with Gasteiger partial charge in [-0.2, -0.15) is 0 Å². The Kier molecular flexibility index (Phi) is 6.96. The maximum atomic E-state index is 6.14. The molecule has 1 rings (SSSR count). The van der Waals surface area contributed by atoms with E-state index in [0.29, 0.717) is 12.1 Å². The van der Waals surface area contributed by atoms with Gasteiger partial charge in [0.2, 0.25) is 0 Å². The smallest absolute Gasteiger partial charge is 0.0589 e. The summed E-state index contributed by atoms with van der Waals surface area (Å²) in [4.78, 5) is 2.47. The molecule has 0 aromatic rings. The summed E-state index contributed by atoms with van der Waals surface area (Å²) in [6.45, 7) is 3.66. The van der Waals surface area contributed by atoms with Crippen molar-refractivity contribution in [1.29, 1.82) is 0 Å². The highest BCUT2D eigenvalue weighted by Gasteiger charge is 2.28. The Bertz CT molecular complexity index is 178. The van der Waals surface area contributed by atoms with E-state index in [-0.39, 0.29) is 0 Å². The first-order valence-electron chi connectivity index (χ1n) is 6.27. The molecule has 0 bridgehead atoms. The van der Waals surface area contributed by atoms with E-state index in [1.165, 1.54) is 19.3 Å². The number of ether oxygens (including phenoxy) is 2. The first kappa shape index (κ1) is 13.9. The highest BCUT2D eigenvalue weighted by molar-refractivity contribution is 4.88. The number of nitrogens with zero attached hydrogens (tertiary/aromatic N) is 1. The quantitative estimate of drug-likeness (QED) is 0.628. The first-order chi connectivity index (χ1) is 7.79. The van der Waals surface area contributed by atoms with E-state index in [2.05, 4.69) is 4.90 Å². The van der Waals surface area contributed by atoms with Crippen LogP contribution in [-0.2, 0) is 9.47 Å². The Morgan fingerprint density at radius 3 is 2.44 bits per heavy atom. The van der Waals surface area contributed by atoms with Crippen molar-refractivity contribution in [1.82, 2.24) is 4.90 Å². The lowest BCUT2D eigenvalue weighted by molar-refractivity contribution is 0.102. The average Bonchev–Trinajstić information content (AvgIpc) is 2.70. The minimum Gasteiger partial charge on any atom is -0.385 e. The fraction of sp³-hybridized carbons (Fsp3) is 1.00. The summed E-state index contributed by atoms with van der Waals surface area (Å²) in [5.74, 6) is 0. The molecule has 2 unspecified atom stereocenters. The summed E-state index contributed by atoms with van der Waals surface area (Å²) >= 11 is 0. The van der Waals surface area contributed by atoms with Crippen molar-refractivity contribution in [2.75, 3.05) is 40.5 Å². The molecule has 0 spiro atoms. The highest BCUT2D eigenvalue weighted by atomic mass is 16.5. The van der Waals surface area contributed by atoms with Gasteiger partial charge in [0.05, 0.1) is 6.61 Å². The van der Waals surface area contributed by atoms with Crippen molar-refractivity contribution in [3.8, 4) is 0 Å². The number of nitrogens with two attached hydrogens (primary N) is 1. The normalized spacial score (nSPS) is 25.5. The molecule has 0 radical (unpaired) electrons. The van der Waals surface area contributed by atoms with E-state index >= 15 is 0 Å². The van der Waals surface area contributed by atoms with Gasteiger partial charge in [0, 0.05) is 46.0 Å². The zero-order chi connectivity index (χ0) is 11.8. The minimum absolute atomic E-state index is 0.347. The molecule has 0 aromatic heterocycles. The van der Waals surface area contributed by atoms with Crippen molar-refractivity contribution in [3.63, 3.8) is 0 Å². The van der Waals surface area contributed by atoms with E-state index < -0.39 is 0 Å². The molecule has 2 atom stereocenters. The predicted octanol–water partition coefficient (Wildman–Crippen LogP) is 0.851. The molecule has 0 aromatic carbocycles. The van der Waals surface area contributed by atoms with Gasteiger partial charge in [-0.1, -0.05) is 6.42 Å². The van der Waals surface area contributed by atoms with Gasteiger partial charge in [0.1, 0.15) is 0 Å². The molecule has 2 N–H and O–H groups in total. The van der Waals surface area contributed by atoms with Gasteiger partial charge in [-0.25, -0.2) is 0 Å². The number of rotatable bonds is 8. The number of hydrogen-bond donors (Lipinski definition) is 1. The SMILES string of the molecule is COCCCN(CCOC)C1CCCC1N. The van der Waals surface area contributed by atoms with Crippen LogP contribution in [0.5, 0.6) is 0 Å². The lowest BCUT2D eigenvalue weighted by Gasteiger charge is -2.31. The third kappa shape index (κ3) is 4.37. The Balaban J connectivity index is 2.35. The second-order valence-electron chi connectivity index (χ2n) is 4.54. The van der Waals surface area contributed by atoms with Crippen LogP contribution in [0, 0.1) is 0 Å². The van der Waals surface area contributed by atoms with Crippen LogP contribution in [0.25, 0.3) is 0 Å². The van der Waals surface area contributed by atoms with Gasteiger partial charge in [0.25, 0.3) is 0 Å². The summed E-state index contributed by atoms with van der Waals surface area (Å²) in [6, 6.07) is 0.895. The van der Waals surface area contributed by atoms with Crippen molar-refractivity contribution in [3.05, 3.63) is 0 Å². The molecule has 0 saturated heterocycles. The average molecular weight is 230 g/mol. The van der Waals surface area contributed by atoms with E-state index in [1.807, 2.05) is 0 Å². The van der Waals surface area contributed by atoms with E-state index in [1.54, 1.807) is 14.2 Å². The fourth-order valence-corrected chi connectivity index (χ4v) is 2.49. The largest absolute Gasteiger partial charge is 0.385 e. The highest BCUT2D eigenvalue weighted by Crippen LogP contribution is 2.22. The third-order valence-electron chi connectivity index (χ3n) is 3.38. The molecule has 96 valence electrons. The molecule has 0 amide bonds. The molecule has 1 aliphatic carbocycles. The summed E-state index contributed by atoms with van der Waals surface area (Å²) in [6.07, 6.45) is 4.74. The van der Waals surface area contributed by atoms with Crippen LogP contribution in [0.15, 0.2) is 0 Å². The Morgan fingerprint density at radius 1 is 1.12 bits per heavy atom. The first-order valence-corrected chi connectivity index (χ1v) is 6.27. The number of methoxy groups -OCH3 is 2. The van der Waals surface area contributed by atoms with Crippen molar-refractivity contribution >= 4 is 0 Å². The standard InChI is InChI=1S/C12H26N2O2/c1-15-9-4-7-14(8-10-16-2)12-6-3-5-11(12)13/h11-12H,3-10,13H2,1-2H3. The van der Waals surface area contributed by atoms with Gasteiger partial charge in [-0.15, -0.1) is 0 Å². The zero-order valence-electron chi connectivity index (χ0n) is 10.7. The molecular weight excluding hydrogens is 204 g/mol. The Morgan fingerprint density at radius 2 is 1.88 bits per heavy atom. The molecule has 0 heterocycles. The van der Waals surface area contributed by atoms with Crippen LogP contribution in [0.4, 0.5) is 0 Å². The Hall–Kier alpha value is -0.160. The summed E-state index contributed by atoms with van der Waals surface area (Å²) in [5.41, 5.74) is 6.14. The van der Waals surface area contributed by atoms with Crippen LogP contribution in [0.2, 0.25) is 0 Å². The molecule has 1 fully saturated rings. The Labute approximate surface area is 99.1 Å². The molecule has 4 nitrogen and oxygen atoms in total. The maximum Gasteiger partial charge on any atom is 0.0589 e. The number of hydrogen-bond acceptors (Lipinski definition) is 4. The van der Waals surface area contributed by atoms with E-state index in [4.69, 9.17) is 15.2 Å². The lowest BCUT2D eigenvalue weighted by atomic mass is 10.1. The van der Waals surface area contributed by atoms with Gasteiger partial charge in [-0.3, -0.25) is 4.90 Å². The summed E-state index contributed by atoms with van der Waals surface area (Å²) in [5, 5.41) is 0. The molecule has 16 heavy (non-hydrogen) atoms.